The lowest BCUT2D eigenvalue weighted by Gasteiger charge is -2.28. The van der Waals surface area contributed by atoms with Crippen LogP contribution in [0.3, 0.4) is 0 Å². The van der Waals surface area contributed by atoms with Gasteiger partial charge in [-0.15, -0.1) is 0 Å². The topological polar surface area (TPSA) is 9.23 Å². The molecule has 1 nitrogen and oxygen atoms in total. The van der Waals surface area contributed by atoms with Crippen molar-refractivity contribution in [2.75, 3.05) is 7.11 Å². The van der Waals surface area contributed by atoms with Crippen molar-refractivity contribution in [3.63, 3.8) is 0 Å². The fourth-order valence-electron chi connectivity index (χ4n) is 3.89. The third-order valence-corrected chi connectivity index (χ3v) is 9.83. The SMILES string of the molecule is COc1ccc(Cl)cc1C[P+](c1ccccc1)(c1ccccc1)c1ccccc1.[Br-]. The van der Waals surface area contributed by atoms with Crippen molar-refractivity contribution < 1.29 is 21.7 Å². The second-order valence-corrected chi connectivity index (χ2v) is 10.9. The Kier molecular flexibility index (Phi) is 7.72. The van der Waals surface area contributed by atoms with Gasteiger partial charge in [0, 0.05) is 10.6 Å². The van der Waals surface area contributed by atoms with Gasteiger partial charge in [0.2, 0.25) is 0 Å². The zero-order valence-corrected chi connectivity index (χ0v) is 19.9. The predicted molar refractivity (Wildman–Crippen MR) is 127 cm³/mol. The maximum Gasteiger partial charge on any atom is 0.125 e. The summed E-state index contributed by atoms with van der Waals surface area (Å²) in [5.74, 6) is 0.876. The Morgan fingerprint density at radius 3 is 1.50 bits per heavy atom. The fourth-order valence-corrected chi connectivity index (χ4v) is 8.33. The normalized spacial score (nSPS) is 10.9. The average molecular weight is 498 g/mol. The minimum absolute atomic E-state index is 0. The molecule has 0 aliphatic heterocycles. The molecule has 4 aromatic rings. The van der Waals surface area contributed by atoms with E-state index in [-0.39, 0.29) is 17.0 Å². The number of halogens is 2. The molecule has 152 valence electrons. The molecule has 0 aliphatic rings. The highest BCUT2D eigenvalue weighted by Crippen LogP contribution is 2.59. The van der Waals surface area contributed by atoms with Crippen LogP contribution in [0.15, 0.2) is 109 Å². The number of methoxy groups -OCH3 is 1. The average Bonchev–Trinajstić information content (AvgIpc) is 2.79. The first-order valence-corrected chi connectivity index (χ1v) is 12.0. The molecule has 4 aromatic carbocycles. The number of benzene rings is 4. The van der Waals surface area contributed by atoms with Gasteiger partial charge in [-0.3, -0.25) is 0 Å². The summed E-state index contributed by atoms with van der Waals surface area (Å²) in [6.45, 7) is 0. The summed E-state index contributed by atoms with van der Waals surface area (Å²) < 4.78 is 5.71. The fraction of sp³-hybridized carbons (Fsp3) is 0.0769. The van der Waals surface area contributed by atoms with E-state index in [0.29, 0.717) is 0 Å². The van der Waals surface area contributed by atoms with E-state index < -0.39 is 7.26 Å². The maximum atomic E-state index is 6.40. The first-order chi connectivity index (χ1) is 14.2. The van der Waals surface area contributed by atoms with Crippen LogP contribution in [0.1, 0.15) is 5.56 Å². The van der Waals surface area contributed by atoms with Crippen molar-refractivity contribution in [2.24, 2.45) is 0 Å². The van der Waals surface area contributed by atoms with Gasteiger partial charge in [0.05, 0.1) is 7.11 Å². The molecule has 30 heavy (non-hydrogen) atoms. The lowest BCUT2D eigenvalue weighted by atomic mass is 10.2. The largest absolute Gasteiger partial charge is 1.00 e. The van der Waals surface area contributed by atoms with Crippen LogP contribution in [0.5, 0.6) is 5.75 Å². The predicted octanol–water partition coefficient (Wildman–Crippen LogP) is 2.85. The minimum Gasteiger partial charge on any atom is -1.00 e. The molecule has 0 aromatic heterocycles. The molecule has 0 saturated carbocycles. The van der Waals surface area contributed by atoms with Gasteiger partial charge in [0.15, 0.2) is 0 Å². The van der Waals surface area contributed by atoms with Gasteiger partial charge in [-0.05, 0) is 54.6 Å². The van der Waals surface area contributed by atoms with E-state index in [1.165, 1.54) is 15.9 Å². The summed E-state index contributed by atoms with van der Waals surface area (Å²) in [6.07, 6.45) is 0.842. The van der Waals surface area contributed by atoms with Crippen LogP contribution in [0.2, 0.25) is 5.02 Å². The van der Waals surface area contributed by atoms with Gasteiger partial charge in [-0.1, -0.05) is 66.2 Å². The molecule has 0 aliphatic carbocycles. The van der Waals surface area contributed by atoms with Crippen molar-refractivity contribution in [2.45, 2.75) is 6.16 Å². The third-order valence-electron chi connectivity index (χ3n) is 5.24. The smallest absolute Gasteiger partial charge is 0.125 e. The Bertz CT molecular complexity index is 975. The first kappa shape index (κ1) is 22.6. The monoisotopic (exact) mass is 496 g/mol. The number of hydrogen-bond acceptors (Lipinski definition) is 1. The number of ether oxygens (including phenoxy) is 1. The Morgan fingerprint density at radius 2 is 1.10 bits per heavy atom. The van der Waals surface area contributed by atoms with E-state index in [1.54, 1.807) is 7.11 Å². The van der Waals surface area contributed by atoms with Crippen molar-refractivity contribution in [3.8, 4) is 5.75 Å². The second kappa shape index (κ2) is 10.3. The molecule has 0 saturated heterocycles. The molecule has 0 fully saturated rings. The Balaban J connectivity index is 0.00000256. The van der Waals surface area contributed by atoms with Crippen LogP contribution in [-0.2, 0) is 6.16 Å². The van der Waals surface area contributed by atoms with Crippen LogP contribution in [0, 0.1) is 0 Å². The van der Waals surface area contributed by atoms with Crippen LogP contribution in [-0.4, -0.2) is 7.11 Å². The van der Waals surface area contributed by atoms with Gasteiger partial charge in [-0.2, -0.15) is 0 Å². The molecule has 0 N–H and O–H groups in total. The molecule has 4 heteroatoms. The number of hydrogen-bond donors (Lipinski definition) is 0. The van der Waals surface area contributed by atoms with E-state index >= 15 is 0 Å². The van der Waals surface area contributed by atoms with Gasteiger partial charge in [0.1, 0.15) is 35.1 Å². The minimum atomic E-state index is -1.97. The standard InChI is InChI=1S/C26H23ClOP.BrH/c1-28-26-18-17-22(27)19-21(26)20-29(23-11-5-2-6-12-23,24-13-7-3-8-14-24)25-15-9-4-10-16-25;/h2-19H,20H2,1H3;1H/q+1;/p-1. The van der Waals surface area contributed by atoms with Gasteiger partial charge >= 0.3 is 0 Å². The zero-order chi connectivity index (χ0) is 20.1. The molecule has 0 bridgehead atoms. The van der Waals surface area contributed by atoms with Crippen molar-refractivity contribution >= 4 is 34.8 Å². The summed E-state index contributed by atoms with van der Waals surface area (Å²) in [5.41, 5.74) is 1.13. The molecule has 0 radical (unpaired) electrons. The van der Waals surface area contributed by atoms with Crippen molar-refractivity contribution in [1.82, 2.24) is 0 Å². The van der Waals surface area contributed by atoms with E-state index in [2.05, 4.69) is 91.0 Å². The van der Waals surface area contributed by atoms with Crippen LogP contribution in [0.25, 0.3) is 0 Å². The summed E-state index contributed by atoms with van der Waals surface area (Å²) in [6, 6.07) is 38.4. The summed E-state index contributed by atoms with van der Waals surface area (Å²) in [4.78, 5) is 0. The van der Waals surface area contributed by atoms with Gasteiger partial charge in [0.25, 0.3) is 0 Å². The van der Waals surface area contributed by atoms with E-state index in [1.807, 2.05) is 18.2 Å². The highest BCUT2D eigenvalue weighted by molar-refractivity contribution is 7.95. The molecular formula is C26H23BrClOP. The summed E-state index contributed by atoms with van der Waals surface area (Å²) in [5, 5.41) is 4.77. The molecular weight excluding hydrogens is 475 g/mol. The van der Waals surface area contributed by atoms with E-state index in [9.17, 15) is 0 Å². The molecule has 0 atom stereocenters. The molecule has 0 heterocycles. The quantitative estimate of drug-likeness (QED) is 0.372. The molecule has 0 spiro atoms. The Hall–Kier alpha value is -2.12. The second-order valence-electron chi connectivity index (χ2n) is 6.93. The zero-order valence-electron chi connectivity index (χ0n) is 16.7. The summed E-state index contributed by atoms with van der Waals surface area (Å²) >= 11 is 6.40. The molecule has 0 amide bonds. The van der Waals surface area contributed by atoms with Crippen molar-refractivity contribution in [3.05, 3.63) is 120 Å². The highest BCUT2D eigenvalue weighted by Gasteiger charge is 2.45. The van der Waals surface area contributed by atoms with Gasteiger partial charge in [-0.25, -0.2) is 0 Å². The van der Waals surface area contributed by atoms with Gasteiger partial charge < -0.3 is 21.7 Å². The summed E-state index contributed by atoms with van der Waals surface area (Å²) in [7, 11) is -0.251. The lowest BCUT2D eigenvalue weighted by Crippen LogP contribution is -3.00. The van der Waals surface area contributed by atoms with Crippen LogP contribution in [0.4, 0.5) is 0 Å². The Labute approximate surface area is 194 Å². The number of rotatable bonds is 6. The van der Waals surface area contributed by atoms with E-state index in [4.69, 9.17) is 16.3 Å². The molecule has 0 unspecified atom stereocenters. The van der Waals surface area contributed by atoms with Crippen molar-refractivity contribution in [1.29, 1.82) is 0 Å². The van der Waals surface area contributed by atoms with E-state index in [0.717, 1.165) is 22.5 Å². The molecule has 4 rings (SSSR count). The highest BCUT2D eigenvalue weighted by atomic mass is 79.9. The van der Waals surface area contributed by atoms with Crippen LogP contribution >= 0.6 is 18.9 Å². The maximum absolute atomic E-state index is 6.40. The first-order valence-electron chi connectivity index (χ1n) is 9.61. The Morgan fingerprint density at radius 1 is 0.667 bits per heavy atom. The van der Waals surface area contributed by atoms with Crippen LogP contribution < -0.4 is 37.6 Å². The lowest BCUT2D eigenvalue weighted by molar-refractivity contribution is -0.00000583. The third kappa shape index (κ3) is 4.47.